The third-order valence-electron chi connectivity index (χ3n) is 3.31. The second kappa shape index (κ2) is 6.38. The van der Waals surface area contributed by atoms with E-state index in [-0.39, 0.29) is 5.03 Å². The average molecular weight is 308 g/mol. The average Bonchev–Trinajstić information content (AvgIpc) is 2.97. The van der Waals surface area contributed by atoms with Gasteiger partial charge in [-0.1, -0.05) is 24.3 Å². The molecule has 2 N–H and O–H groups in total. The van der Waals surface area contributed by atoms with Crippen LogP contribution in [0.2, 0.25) is 0 Å². The van der Waals surface area contributed by atoms with E-state index in [0.29, 0.717) is 19.6 Å². The number of rotatable bonds is 6. The predicted molar refractivity (Wildman–Crippen MR) is 80.9 cm³/mol. The largest absolute Gasteiger partial charge is 0.336 e. The third kappa shape index (κ3) is 3.49. The van der Waals surface area contributed by atoms with E-state index in [0.717, 1.165) is 11.1 Å². The normalized spacial score (nSPS) is 12.0. The minimum atomic E-state index is -3.57. The van der Waals surface area contributed by atoms with E-state index in [1.807, 2.05) is 31.2 Å². The van der Waals surface area contributed by atoms with Crippen LogP contribution in [0.15, 0.2) is 41.8 Å². The molecule has 0 unspecified atom stereocenters. The first-order chi connectivity index (χ1) is 9.97. The molecule has 114 valence electrons. The van der Waals surface area contributed by atoms with Crippen molar-refractivity contribution in [3.63, 3.8) is 0 Å². The van der Waals surface area contributed by atoms with Gasteiger partial charge in [0.15, 0.2) is 5.03 Å². The van der Waals surface area contributed by atoms with E-state index in [1.54, 1.807) is 17.8 Å². The van der Waals surface area contributed by atoms with E-state index in [9.17, 15) is 8.42 Å². The maximum atomic E-state index is 12.4. The summed E-state index contributed by atoms with van der Waals surface area (Å²) in [4.78, 5) is 3.97. The zero-order valence-corrected chi connectivity index (χ0v) is 13.0. The Balaban J connectivity index is 2.15. The topological polar surface area (TPSA) is 81.2 Å². The number of aromatic nitrogens is 2. The van der Waals surface area contributed by atoms with Gasteiger partial charge in [-0.05, 0) is 18.1 Å². The van der Waals surface area contributed by atoms with Crippen molar-refractivity contribution in [1.29, 1.82) is 0 Å². The summed E-state index contributed by atoms with van der Waals surface area (Å²) in [7, 11) is -2.01. The number of hydrogen-bond donors (Lipinski definition) is 1. The maximum absolute atomic E-state index is 12.4. The molecule has 0 bridgehead atoms. The van der Waals surface area contributed by atoms with E-state index >= 15 is 0 Å². The van der Waals surface area contributed by atoms with Gasteiger partial charge in [-0.25, -0.2) is 13.4 Å². The quantitative estimate of drug-likeness (QED) is 0.869. The number of nitrogens with two attached hydrogens (primary N) is 1. The first-order valence-electron chi connectivity index (χ1n) is 6.73. The monoisotopic (exact) mass is 308 g/mol. The van der Waals surface area contributed by atoms with E-state index in [1.165, 1.54) is 10.6 Å². The second-order valence-electron chi connectivity index (χ2n) is 4.82. The van der Waals surface area contributed by atoms with Gasteiger partial charge in [0.05, 0.1) is 6.33 Å². The zero-order valence-electron chi connectivity index (χ0n) is 12.2. The van der Waals surface area contributed by atoms with Crippen molar-refractivity contribution in [1.82, 2.24) is 13.9 Å². The highest BCUT2D eigenvalue weighted by atomic mass is 32.2. The van der Waals surface area contributed by atoms with Crippen LogP contribution < -0.4 is 5.73 Å². The molecule has 0 atom stereocenters. The summed E-state index contributed by atoms with van der Waals surface area (Å²) >= 11 is 0. The van der Waals surface area contributed by atoms with Gasteiger partial charge in [-0.2, -0.15) is 4.31 Å². The molecule has 2 rings (SSSR count). The zero-order chi connectivity index (χ0) is 15.5. The molecule has 0 saturated heterocycles. The molecule has 1 aromatic carbocycles. The molecule has 0 saturated carbocycles. The summed E-state index contributed by atoms with van der Waals surface area (Å²) in [6.45, 7) is 3.39. The van der Waals surface area contributed by atoms with Crippen LogP contribution >= 0.6 is 0 Å². The smallest absolute Gasteiger partial charge is 0.262 e. The Kier molecular flexibility index (Phi) is 4.76. The van der Waals surface area contributed by atoms with Crippen molar-refractivity contribution in [2.75, 3.05) is 7.05 Å². The van der Waals surface area contributed by atoms with E-state index in [2.05, 4.69) is 4.98 Å². The molecular formula is C14H20N4O2S. The molecule has 21 heavy (non-hydrogen) atoms. The number of nitrogens with zero attached hydrogens (tertiary/aromatic N) is 3. The SMILES string of the molecule is CCn1cnc(S(=O)(=O)N(C)Cc2ccc(CN)cc2)c1. The Bertz CT molecular complexity index is 692. The van der Waals surface area contributed by atoms with Gasteiger partial charge in [-0.3, -0.25) is 0 Å². The van der Waals surface area contributed by atoms with Crippen LogP contribution in [0, 0.1) is 0 Å². The van der Waals surface area contributed by atoms with Gasteiger partial charge in [0.2, 0.25) is 0 Å². The van der Waals surface area contributed by atoms with E-state index in [4.69, 9.17) is 5.73 Å². The lowest BCUT2D eigenvalue weighted by Gasteiger charge is -2.15. The highest BCUT2D eigenvalue weighted by Gasteiger charge is 2.23. The lowest BCUT2D eigenvalue weighted by atomic mass is 10.1. The number of sulfonamides is 1. The summed E-state index contributed by atoms with van der Waals surface area (Å²) in [6.07, 6.45) is 3.07. The molecule has 7 heteroatoms. The van der Waals surface area contributed by atoms with Crippen molar-refractivity contribution in [2.24, 2.45) is 5.73 Å². The lowest BCUT2D eigenvalue weighted by molar-refractivity contribution is 0.464. The number of aryl methyl sites for hydroxylation is 1. The number of imidazole rings is 1. The molecule has 6 nitrogen and oxygen atoms in total. The van der Waals surface area contributed by atoms with Crippen molar-refractivity contribution in [2.45, 2.75) is 31.6 Å². The minimum absolute atomic E-state index is 0.0745. The number of benzene rings is 1. The van der Waals surface area contributed by atoms with Crippen LogP contribution in [0.3, 0.4) is 0 Å². The molecule has 0 spiro atoms. The third-order valence-corrected chi connectivity index (χ3v) is 5.00. The lowest BCUT2D eigenvalue weighted by Crippen LogP contribution is -2.26. The van der Waals surface area contributed by atoms with Crippen molar-refractivity contribution >= 4 is 10.0 Å². The highest BCUT2D eigenvalue weighted by molar-refractivity contribution is 7.89. The van der Waals surface area contributed by atoms with Gasteiger partial charge in [0.25, 0.3) is 10.0 Å². The van der Waals surface area contributed by atoms with E-state index < -0.39 is 10.0 Å². The molecular weight excluding hydrogens is 288 g/mol. The Morgan fingerprint density at radius 2 is 1.86 bits per heavy atom. The van der Waals surface area contributed by atoms with Crippen molar-refractivity contribution < 1.29 is 8.42 Å². The molecule has 1 aromatic heterocycles. The Hall–Kier alpha value is -1.70. The fraction of sp³-hybridized carbons (Fsp3) is 0.357. The maximum Gasteiger partial charge on any atom is 0.262 e. The van der Waals surface area contributed by atoms with Crippen LogP contribution in [0.1, 0.15) is 18.1 Å². The number of hydrogen-bond acceptors (Lipinski definition) is 4. The first-order valence-corrected chi connectivity index (χ1v) is 8.17. The summed E-state index contributed by atoms with van der Waals surface area (Å²) in [5, 5.41) is 0.0745. The summed E-state index contributed by atoms with van der Waals surface area (Å²) in [6, 6.07) is 7.58. The molecule has 0 aliphatic carbocycles. The fourth-order valence-electron chi connectivity index (χ4n) is 1.93. The molecule has 0 aliphatic rings. The fourth-order valence-corrected chi connectivity index (χ4v) is 3.02. The van der Waals surface area contributed by atoms with Crippen molar-refractivity contribution in [3.8, 4) is 0 Å². The molecule has 0 aliphatic heterocycles. The van der Waals surface area contributed by atoms with Gasteiger partial charge < -0.3 is 10.3 Å². The van der Waals surface area contributed by atoms with Crippen LogP contribution in [-0.4, -0.2) is 29.3 Å². The van der Waals surface area contributed by atoms with Gasteiger partial charge in [0, 0.05) is 32.9 Å². The van der Waals surface area contributed by atoms with Crippen LogP contribution in [0.25, 0.3) is 0 Å². The summed E-state index contributed by atoms with van der Waals surface area (Å²) in [5.41, 5.74) is 7.47. The molecule has 0 amide bonds. The van der Waals surface area contributed by atoms with Crippen LogP contribution in [-0.2, 0) is 29.7 Å². The molecule has 2 aromatic rings. The Morgan fingerprint density at radius 1 is 1.24 bits per heavy atom. The highest BCUT2D eigenvalue weighted by Crippen LogP contribution is 2.15. The van der Waals surface area contributed by atoms with Gasteiger partial charge >= 0.3 is 0 Å². The van der Waals surface area contributed by atoms with Crippen LogP contribution in [0.5, 0.6) is 0 Å². The second-order valence-corrected chi connectivity index (χ2v) is 6.82. The van der Waals surface area contributed by atoms with Crippen molar-refractivity contribution in [3.05, 3.63) is 47.9 Å². The van der Waals surface area contributed by atoms with Crippen LogP contribution in [0.4, 0.5) is 0 Å². The standard InChI is InChI=1S/C14H20N4O2S/c1-3-18-10-14(16-11-18)21(19,20)17(2)9-13-6-4-12(8-15)5-7-13/h4-7,10-11H,3,8-9,15H2,1-2H3. The first kappa shape index (κ1) is 15.7. The Labute approximate surface area is 125 Å². The van der Waals surface area contributed by atoms with Gasteiger partial charge in [-0.15, -0.1) is 0 Å². The van der Waals surface area contributed by atoms with Gasteiger partial charge in [0.1, 0.15) is 0 Å². The molecule has 0 radical (unpaired) electrons. The molecule has 1 heterocycles. The minimum Gasteiger partial charge on any atom is -0.336 e. The summed E-state index contributed by atoms with van der Waals surface area (Å²) in [5.74, 6) is 0. The predicted octanol–water partition coefficient (Wildman–Crippen LogP) is 1.18. The molecule has 0 fully saturated rings. The summed E-state index contributed by atoms with van der Waals surface area (Å²) < 4.78 is 27.9. The Morgan fingerprint density at radius 3 is 2.38 bits per heavy atom.